The first kappa shape index (κ1) is 21.1. The van der Waals surface area contributed by atoms with E-state index in [-0.39, 0.29) is 5.91 Å². The number of amides is 1. The molecule has 4 rings (SSSR count). The van der Waals surface area contributed by atoms with Crippen LogP contribution in [0.1, 0.15) is 56.1 Å². The zero-order chi connectivity index (χ0) is 20.8. The molecule has 0 bridgehead atoms. The van der Waals surface area contributed by atoms with E-state index in [1.165, 1.54) is 36.9 Å². The lowest BCUT2D eigenvalue weighted by Gasteiger charge is -2.33. The van der Waals surface area contributed by atoms with Gasteiger partial charge in [-0.25, -0.2) is 0 Å². The first-order valence-corrected chi connectivity index (χ1v) is 11.6. The summed E-state index contributed by atoms with van der Waals surface area (Å²) in [5.41, 5.74) is 3.63. The van der Waals surface area contributed by atoms with Gasteiger partial charge in [-0.2, -0.15) is 0 Å². The summed E-state index contributed by atoms with van der Waals surface area (Å²) in [6.45, 7) is 6.93. The number of carbonyl (C=O) groups excluding carboxylic acids is 1. The Balaban J connectivity index is 1.25. The number of benzene rings is 2. The average Bonchev–Trinajstić information content (AvgIpc) is 2.77. The number of likely N-dealkylation sites (tertiary alicyclic amines) is 2. The maximum atomic E-state index is 12.6. The summed E-state index contributed by atoms with van der Waals surface area (Å²) < 4.78 is 0. The molecule has 2 aliphatic heterocycles. The van der Waals surface area contributed by atoms with Crippen LogP contribution in [-0.2, 0) is 11.3 Å². The molecule has 0 aromatic heterocycles. The number of hydrogen-bond acceptors (Lipinski definition) is 3. The normalized spacial score (nSPS) is 21.4. The van der Waals surface area contributed by atoms with Gasteiger partial charge in [0.1, 0.15) is 0 Å². The summed E-state index contributed by atoms with van der Waals surface area (Å²) in [7, 11) is 0. The van der Waals surface area contributed by atoms with Gasteiger partial charge in [0.2, 0.25) is 5.91 Å². The Labute approximate surface area is 181 Å². The molecule has 2 aromatic rings. The van der Waals surface area contributed by atoms with Crippen LogP contribution in [-0.4, -0.2) is 47.9 Å². The fourth-order valence-electron chi connectivity index (χ4n) is 4.93. The third-order valence-corrected chi connectivity index (χ3v) is 6.76. The second-order valence-corrected chi connectivity index (χ2v) is 9.02. The van der Waals surface area contributed by atoms with Crippen molar-refractivity contribution in [1.82, 2.24) is 9.80 Å². The van der Waals surface area contributed by atoms with Gasteiger partial charge in [0.05, 0.1) is 6.54 Å². The Kier molecular flexibility index (Phi) is 7.19. The van der Waals surface area contributed by atoms with E-state index in [9.17, 15) is 4.79 Å². The maximum Gasteiger partial charge on any atom is 0.238 e. The molecule has 4 nitrogen and oxygen atoms in total. The van der Waals surface area contributed by atoms with Crippen LogP contribution >= 0.6 is 0 Å². The lowest BCUT2D eigenvalue weighted by atomic mass is 9.89. The second kappa shape index (κ2) is 10.2. The van der Waals surface area contributed by atoms with E-state index < -0.39 is 0 Å². The van der Waals surface area contributed by atoms with Crippen molar-refractivity contribution in [2.24, 2.45) is 0 Å². The van der Waals surface area contributed by atoms with Gasteiger partial charge in [0, 0.05) is 18.3 Å². The second-order valence-electron chi connectivity index (χ2n) is 9.02. The zero-order valence-electron chi connectivity index (χ0n) is 18.2. The molecule has 2 heterocycles. The fourth-order valence-corrected chi connectivity index (χ4v) is 4.93. The van der Waals surface area contributed by atoms with Gasteiger partial charge >= 0.3 is 0 Å². The van der Waals surface area contributed by atoms with E-state index in [1.54, 1.807) is 0 Å². The van der Waals surface area contributed by atoms with Gasteiger partial charge in [0.15, 0.2) is 0 Å². The van der Waals surface area contributed by atoms with E-state index in [0.29, 0.717) is 18.5 Å². The van der Waals surface area contributed by atoms with Crippen LogP contribution in [0.4, 0.5) is 5.69 Å². The van der Waals surface area contributed by atoms with E-state index >= 15 is 0 Å². The molecule has 2 aromatic carbocycles. The molecule has 0 aliphatic carbocycles. The summed E-state index contributed by atoms with van der Waals surface area (Å²) >= 11 is 0. The third-order valence-electron chi connectivity index (χ3n) is 6.76. The molecule has 2 saturated heterocycles. The highest BCUT2D eigenvalue weighted by Crippen LogP contribution is 2.27. The van der Waals surface area contributed by atoms with Crippen molar-refractivity contribution in [2.75, 3.05) is 31.5 Å². The zero-order valence-corrected chi connectivity index (χ0v) is 18.2. The minimum absolute atomic E-state index is 0.0941. The van der Waals surface area contributed by atoms with Crippen LogP contribution in [0.2, 0.25) is 0 Å². The van der Waals surface area contributed by atoms with Crippen LogP contribution in [0.3, 0.4) is 0 Å². The Hall–Kier alpha value is -2.17. The lowest BCUT2D eigenvalue weighted by Crippen LogP contribution is -2.38. The van der Waals surface area contributed by atoms with Crippen molar-refractivity contribution in [2.45, 2.75) is 57.5 Å². The van der Waals surface area contributed by atoms with E-state index in [1.807, 2.05) is 6.07 Å². The molecule has 0 spiro atoms. The molecule has 0 radical (unpaired) electrons. The number of nitrogens with one attached hydrogen (secondary N) is 1. The Morgan fingerprint density at radius 1 is 0.967 bits per heavy atom. The van der Waals surface area contributed by atoms with Gasteiger partial charge in [0.25, 0.3) is 0 Å². The number of nitrogens with zero attached hydrogens (tertiary/aromatic N) is 2. The standard InChI is InChI=1S/C26H35N3O/c1-21-8-5-6-15-29(21)19-22-9-7-12-25(18-22)27-26(30)20-28-16-13-24(14-17-28)23-10-3-2-4-11-23/h2-4,7,9-12,18,21,24H,5-6,8,13-17,19-20H2,1H3,(H,27,30)/t21-/m0/s1. The quantitative estimate of drug-likeness (QED) is 0.744. The highest BCUT2D eigenvalue weighted by atomic mass is 16.2. The van der Waals surface area contributed by atoms with Crippen molar-refractivity contribution in [3.8, 4) is 0 Å². The van der Waals surface area contributed by atoms with Crippen LogP contribution in [0, 0.1) is 0 Å². The minimum atomic E-state index is 0.0941. The molecule has 30 heavy (non-hydrogen) atoms. The summed E-state index contributed by atoms with van der Waals surface area (Å²) in [6.07, 6.45) is 6.18. The van der Waals surface area contributed by atoms with Crippen LogP contribution in [0.5, 0.6) is 0 Å². The summed E-state index contributed by atoms with van der Waals surface area (Å²) in [5, 5.41) is 3.12. The molecule has 1 atom stereocenters. The van der Waals surface area contributed by atoms with Crippen LogP contribution in [0.15, 0.2) is 54.6 Å². The average molecular weight is 406 g/mol. The van der Waals surface area contributed by atoms with E-state index in [0.717, 1.165) is 38.2 Å². The SMILES string of the molecule is C[C@H]1CCCCN1Cc1cccc(NC(=O)CN2CCC(c3ccccc3)CC2)c1. The molecular formula is C26H35N3O. The van der Waals surface area contributed by atoms with Crippen molar-refractivity contribution >= 4 is 11.6 Å². The van der Waals surface area contributed by atoms with Crippen LogP contribution in [0.25, 0.3) is 0 Å². The summed E-state index contributed by atoms with van der Waals surface area (Å²) in [6, 6.07) is 19.8. The monoisotopic (exact) mass is 405 g/mol. The molecule has 1 amide bonds. The first-order chi connectivity index (χ1) is 14.7. The topological polar surface area (TPSA) is 35.6 Å². The van der Waals surface area contributed by atoms with Gasteiger partial charge in [-0.3, -0.25) is 14.6 Å². The summed E-state index contributed by atoms with van der Waals surface area (Å²) in [4.78, 5) is 17.5. The Bertz CT molecular complexity index is 814. The predicted molar refractivity (Wildman–Crippen MR) is 124 cm³/mol. The number of piperidine rings is 2. The van der Waals surface area contributed by atoms with Crippen molar-refractivity contribution in [1.29, 1.82) is 0 Å². The van der Waals surface area contributed by atoms with E-state index in [2.05, 4.69) is 70.6 Å². The van der Waals surface area contributed by atoms with E-state index in [4.69, 9.17) is 0 Å². The molecule has 0 saturated carbocycles. The number of hydrogen-bond donors (Lipinski definition) is 1. The van der Waals surface area contributed by atoms with Crippen LogP contribution < -0.4 is 5.32 Å². The van der Waals surface area contributed by atoms with Crippen molar-refractivity contribution in [3.63, 3.8) is 0 Å². The van der Waals surface area contributed by atoms with Gasteiger partial charge in [-0.1, -0.05) is 48.9 Å². The molecular weight excluding hydrogens is 370 g/mol. The number of anilines is 1. The number of carbonyl (C=O) groups is 1. The summed E-state index contributed by atoms with van der Waals surface area (Å²) in [5.74, 6) is 0.719. The molecule has 4 heteroatoms. The Morgan fingerprint density at radius 3 is 2.53 bits per heavy atom. The first-order valence-electron chi connectivity index (χ1n) is 11.6. The van der Waals surface area contributed by atoms with Crippen molar-refractivity contribution < 1.29 is 4.79 Å². The van der Waals surface area contributed by atoms with Gasteiger partial charge in [-0.05, 0) is 81.4 Å². The van der Waals surface area contributed by atoms with Crippen molar-refractivity contribution in [3.05, 3.63) is 65.7 Å². The Morgan fingerprint density at radius 2 is 1.77 bits per heavy atom. The largest absolute Gasteiger partial charge is 0.325 e. The predicted octanol–water partition coefficient (Wildman–Crippen LogP) is 4.88. The number of rotatable bonds is 6. The lowest BCUT2D eigenvalue weighted by molar-refractivity contribution is -0.117. The molecule has 0 unspecified atom stereocenters. The smallest absolute Gasteiger partial charge is 0.238 e. The molecule has 2 aliphatic rings. The molecule has 160 valence electrons. The van der Waals surface area contributed by atoms with Gasteiger partial charge in [-0.15, -0.1) is 0 Å². The fraction of sp³-hybridized carbons (Fsp3) is 0.500. The van der Waals surface area contributed by atoms with Gasteiger partial charge < -0.3 is 5.32 Å². The maximum absolute atomic E-state index is 12.6. The molecule has 1 N–H and O–H groups in total. The molecule has 2 fully saturated rings. The highest BCUT2D eigenvalue weighted by molar-refractivity contribution is 5.92. The highest BCUT2D eigenvalue weighted by Gasteiger charge is 2.22. The minimum Gasteiger partial charge on any atom is -0.325 e. The third kappa shape index (κ3) is 5.71.